The fraction of sp³-hybridized carbons (Fsp3) is 0.562. The first-order chi connectivity index (χ1) is 10.9. The van der Waals surface area contributed by atoms with Crippen molar-refractivity contribution in [1.82, 2.24) is 0 Å². The zero-order valence-corrected chi connectivity index (χ0v) is 13.6. The average Bonchev–Trinajstić information content (AvgIpc) is 2.55. The topological polar surface area (TPSA) is 29.1 Å². The number of halogens is 4. The van der Waals surface area contributed by atoms with E-state index in [-0.39, 0.29) is 6.07 Å². The third-order valence-corrected chi connectivity index (χ3v) is 5.66. The molecule has 0 saturated heterocycles. The molecular formula is C16H19F4NOS. The number of thioether (sulfide) groups is 1. The molecule has 0 spiro atoms. The van der Waals surface area contributed by atoms with Crippen molar-refractivity contribution in [3.8, 4) is 0 Å². The summed E-state index contributed by atoms with van der Waals surface area (Å²) in [6, 6.07) is 0.119. The van der Waals surface area contributed by atoms with Crippen LogP contribution in [0.3, 0.4) is 0 Å². The molecular weight excluding hydrogens is 330 g/mol. The SMILES string of the molecule is CCC(SC1CCCCC1)C(=O)Nc1c(F)c(F)cc(F)c1F. The molecule has 1 amide bonds. The molecule has 0 radical (unpaired) electrons. The van der Waals surface area contributed by atoms with Gasteiger partial charge in [-0.2, -0.15) is 0 Å². The van der Waals surface area contributed by atoms with Crippen molar-refractivity contribution < 1.29 is 22.4 Å². The van der Waals surface area contributed by atoms with Crippen molar-refractivity contribution >= 4 is 23.4 Å². The largest absolute Gasteiger partial charge is 0.320 e. The van der Waals surface area contributed by atoms with E-state index in [4.69, 9.17) is 0 Å². The molecule has 7 heteroatoms. The molecule has 2 nitrogen and oxygen atoms in total. The van der Waals surface area contributed by atoms with Gasteiger partial charge in [-0.15, -0.1) is 11.8 Å². The van der Waals surface area contributed by atoms with Crippen LogP contribution < -0.4 is 5.32 Å². The molecule has 1 aromatic carbocycles. The fourth-order valence-electron chi connectivity index (χ4n) is 2.66. The van der Waals surface area contributed by atoms with E-state index in [0.717, 1.165) is 25.7 Å². The zero-order chi connectivity index (χ0) is 17.0. The maximum atomic E-state index is 13.6. The first kappa shape index (κ1) is 18.1. The number of hydrogen-bond donors (Lipinski definition) is 1. The zero-order valence-electron chi connectivity index (χ0n) is 12.8. The number of amides is 1. The number of anilines is 1. The third kappa shape index (κ3) is 4.40. The van der Waals surface area contributed by atoms with Crippen LogP contribution in [0.4, 0.5) is 23.2 Å². The van der Waals surface area contributed by atoms with E-state index >= 15 is 0 Å². The Balaban J connectivity index is 2.10. The van der Waals surface area contributed by atoms with Crippen LogP contribution >= 0.6 is 11.8 Å². The molecule has 1 N–H and O–H groups in total. The molecule has 0 aliphatic heterocycles. The Hall–Kier alpha value is -1.24. The summed E-state index contributed by atoms with van der Waals surface area (Å²) in [5.74, 6) is -6.88. The molecule has 1 saturated carbocycles. The summed E-state index contributed by atoms with van der Waals surface area (Å²) >= 11 is 1.47. The summed E-state index contributed by atoms with van der Waals surface area (Å²) in [6.45, 7) is 1.79. The minimum Gasteiger partial charge on any atom is -0.320 e. The first-order valence-electron chi connectivity index (χ1n) is 7.73. The first-order valence-corrected chi connectivity index (χ1v) is 8.67. The molecule has 0 bridgehead atoms. The number of hydrogen-bond acceptors (Lipinski definition) is 2. The van der Waals surface area contributed by atoms with Crippen molar-refractivity contribution in [2.75, 3.05) is 5.32 Å². The van der Waals surface area contributed by atoms with Crippen LogP contribution in [-0.4, -0.2) is 16.4 Å². The highest BCUT2D eigenvalue weighted by atomic mass is 32.2. The van der Waals surface area contributed by atoms with Gasteiger partial charge in [0.25, 0.3) is 0 Å². The third-order valence-electron chi connectivity index (χ3n) is 3.93. The molecule has 1 aliphatic rings. The summed E-state index contributed by atoms with van der Waals surface area (Å²) in [5, 5.41) is 1.83. The van der Waals surface area contributed by atoms with Gasteiger partial charge in [0.05, 0.1) is 5.25 Å². The van der Waals surface area contributed by atoms with Gasteiger partial charge in [0.15, 0.2) is 23.3 Å². The number of carbonyl (C=O) groups is 1. The number of benzene rings is 1. The molecule has 1 unspecified atom stereocenters. The lowest BCUT2D eigenvalue weighted by Gasteiger charge is -2.25. The Labute approximate surface area is 137 Å². The summed E-state index contributed by atoms with van der Waals surface area (Å²) in [4.78, 5) is 12.2. The van der Waals surface area contributed by atoms with E-state index < -0.39 is 40.1 Å². The van der Waals surface area contributed by atoms with Gasteiger partial charge in [-0.1, -0.05) is 26.2 Å². The average molecular weight is 349 g/mol. The molecule has 1 fully saturated rings. The molecule has 1 atom stereocenters. The van der Waals surface area contributed by atoms with E-state index in [2.05, 4.69) is 0 Å². The maximum Gasteiger partial charge on any atom is 0.237 e. The second kappa shape index (κ2) is 8.04. The molecule has 2 rings (SSSR count). The van der Waals surface area contributed by atoms with Gasteiger partial charge in [0, 0.05) is 11.3 Å². The monoisotopic (exact) mass is 349 g/mol. The Morgan fingerprint density at radius 1 is 1.17 bits per heavy atom. The van der Waals surface area contributed by atoms with Crippen LogP contribution in [0.1, 0.15) is 45.4 Å². The molecule has 1 aliphatic carbocycles. The predicted molar refractivity (Wildman–Crippen MR) is 83.4 cm³/mol. The Morgan fingerprint density at radius 3 is 2.26 bits per heavy atom. The predicted octanol–water partition coefficient (Wildman–Crippen LogP) is 5.03. The van der Waals surface area contributed by atoms with Gasteiger partial charge in [-0.3, -0.25) is 4.79 Å². The minimum absolute atomic E-state index is 0.119. The van der Waals surface area contributed by atoms with Crippen molar-refractivity contribution in [2.24, 2.45) is 0 Å². The van der Waals surface area contributed by atoms with Gasteiger partial charge in [-0.25, -0.2) is 17.6 Å². The lowest BCUT2D eigenvalue weighted by atomic mass is 10.0. The lowest BCUT2D eigenvalue weighted by molar-refractivity contribution is -0.115. The standard InChI is InChI=1S/C16H19F4NOS/c1-2-12(23-9-6-4-3-5-7-9)16(22)21-15-13(19)10(17)8-11(18)14(15)20/h8-9,12H,2-7H2,1H3,(H,21,22). The van der Waals surface area contributed by atoms with Crippen molar-refractivity contribution in [1.29, 1.82) is 0 Å². The van der Waals surface area contributed by atoms with Crippen molar-refractivity contribution in [3.05, 3.63) is 29.3 Å². The smallest absolute Gasteiger partial charge is 0.237 e. The highest BCUT2D eigenvalue weighted by Gasteiger charge is 2.27. The van der Waals surface area contributed by atoms with Crippen molar-refractivity contribution in [2.45, 2.75) is 55.9 Å². The highest BCUT2D eigenvalue weighted by molar-refractivity contribution is 8.01. The second-order valence-electron chi connectivity index (χ2n) is 5.63. The molecule has 1 aromatic rings. The van der Waals surface area contributed by atoms with Gasteiger partial charge in [0.2, 0.25) is 5.91 Å². The van der Waals surface area contributed by atoms with Crippen LogP contribution in [0.5, 0.6) is 0 Å². The van der Waals surface area contributed by atoms with Crippen LogP contribution in [-0.2, 0) is 4.79 Å². The van der Waals surface area contributed by atoms with Gasteiger partial charge < -0.3 is 5.32 Å². The number of carbonyl (C=O) groups excluding carboxylic acids is 1. The van der Waals surface area contributed by atoms with Gasteiger partial charge in [0.1, 0.15) is 5.69 Å². The summed E-state index contributed by atoms with van der Waals surface area (Å²) in [7, 11) is 0. The maximum absolute atomic E-state index is 13.6. The van der Waals surface area contributed by atoms with E-state index in [1.54, 1.807) is 6.92 Å². The van der Waals surface area contributed by atoms with Crippen LogP contribution in [0.25, 0.3) is 0 Å². The quantitative estimate of drug-likeness (QED) is 0.597. The Kier molecular flexibility index (Phi) is 6.33. The van der Waals surface area contributed by atoms with E-state index in [1.807, 2.05) is 5.32 Å². The van der Waals surface area contributed by atoms with Crippen LogP contribution in [0.2, 0.25) is 0 Å². The van der Waals surface area contributed by atoms with Crippen LogP contribution in [0.15, 0.2) is 6.07 Å². The molecule has 128 valence electrons. The summed E-state index contributed by atoms with van der Waals surface area (Å²) in [6.07, 6.45) is 5.87. The highest BCUT2D eigenvalue weighted by Crippen LogP contribution is 2.33. The van der Waals surface area contributed by atoms with Gasteiger partial charge in [-0.05, 0) is 19.3 Å². The van der Waals surface area contributed by atoms with Crippen molar-refractivity contribution in [3.63, 3.8) is 0 Å². The number of rotatable bonds is 5. The Bertz CT molecular complexity index is 549. The minimum atomic E-state index is -1.59. The number of nitrogens with one attached hydrogen (secondary N) is 1. The summed E-state index contributed by atoms with van der Waals surface area (Å²) < 4.78 is 53.6. The molecule has 23 heavy (non-hydrogen) atoms. The molecule has 0 aromatic heterocycles. The normalized spacial score (nSPS) is 17.1. The lowest BCUT2D eigenvalue weighted by Crippen LogP contribution is -2.28. The Morgan fingerprint density at radius 2 is 1.74 bits per heavy atom. The van der Waals surface area contributed by atoms with E-state index in [0.29, 0.717) is 11.7 Å². The fourth-order valence-corrected chi connectivity index (χ4v) is 4.11. The summed E-state index contributed by atoms with van der Waals surface area (Å²) in [5.41, 5.74) is -1.06. The van der Waals surface area contributed by atoms with E-state index in [9.17, 15) is 22.4 Å². The van der Waals surface area contributed by atoms with Gasteiger partial charge >= 0.3 is 0 Å². The second-order valence-corrected chi connectivity index (χ2v) is 7.13. The van der Waals surface area contributed by atoms with Crippen LogP contribution in [0, 0.1) is 23.3 Å². The molecule has 0 heterocycles. The van der Waals surface area contributed by atoms with E-state index in [1.165, 1.54) is 18.2 Å².